The number of carbonyl (C=O) groups excluding carboxylic acids is 1. The maximum absolute atomic E-state index is 12.2. The third-order valence-electron chi connectivity index (χ3n) is 3.87. The number of aryl methyl sites for hydroxylation is 1. The predicted molar refractivity (Wildman–Crippen MR) is 103 cm³/mol. The van der Waals surface area contributed by atoms with Crippen LogP contribution in [-0.2, 0) is 11.3 Å². The number of ether oxygens (including phenoxy) is 1. The van der Waals surface area contributed by atoms with E-state index < -0.39 is 0 Å². The van der Waals surface area contributed by atoms with Crippen LogP contribution in [-0.4, -0.2) is 32.7 Å². The number of hydrogen-bond acceptors (Lipinski definition) is 5. The lowest BCUT2D eigenvalue weighted by atomic mass is 10.2. The van der Waals surface area contributed by atoms with Crippen molar-refractivity contribution in [2.45, 2.75) is 32.7 Å². The second-order valence-electron chi connectivity index (χ2n) is 6.07. The number of rotatable bonds is 9. The Morgan fingerprint density at radius 1 is 1.11 bits per heavy atom. The van der Waals surface area contributed by atoms with E-state index in [1.165, 1.54) is 4.80 Å². The van der Waals surface area contributed by atoms with E-state index in [0.717, 1.165) is 12.0 Å². The van der Waals surface area contributed by atoms with E-state index in [1.807, 2.05) is 61.5 Å². The summed E-state index contributed by atoms with van der Waals surface area (Å²) in [4.78, 5) is 13.7. The van der Waals surface area contributed by atoms with Gasteiger partial charge in [-0.15, -0.1) is 10.2 Å². The van der Waals surface area contributed by atoms with Gasteiger partial charge in [-0.05, 0) is 30.2 Å². The lowest BCUT2D eigenvalue weighted by Gasteiger charge is -2.11. The van der Waals surface area contributed by atoms with Crippen LogP contribution < -0.4 is 10.1 Å². The SMILES string of the molecule is CCCOc1ccccc1NC(=O)CCCn1nnc(-c2ccccc2)n1. The number of nitrogens with one attached hydrogen (secondary N) is 1. The van der Waals surface area contributed by atoms with Crippen LogP contribution >= 0.6 is 0 Å². The molecule has 0 saturated heterocycles. The van der Waals surface area contributed by atoms with Crippen molar-refractivity contribution in [2.75, 3.05) is 11.9 Å². The molecule has 27 heavy (non-hydrogen) atoms. The fourth-order valence-corrected chi connectivity index (χ4v) is 2.54. The zero-order valence-electron chi connectivity index (χ0n) is 15.3. The van der Waals surface area contributed by atoms with E-state index in [4.69, 9.17) is 4.74 Å². The van der Waals surface area contributed by atoms with Crippen LogP contribution in [0.25, 0.3) is 11.4 Å². The van der Waals surface area contributed by atoms with Crippen LogP contribution in [0.5, 0.6) is 5.75 Å². The highest BCUT2D eigenvalue weighted by Gasteiger charge is 2.09. The molecule has 3 aromatic rings. The van der Waals surface area contributed by atoms with Crippen LogP contribution in [0.15, 0.2) is 54.6 Å². The molecule has 0 radical (unpaired) electrons. The van der Waals surface area contributed by atoms with Crippen LogP contribution in [0.2, 0.25) is 0 Å². The fourth-order valence-electron chi connectivity index (χ4n) is 2.54. The first-order valence-corrected chi connectivity index (χ1v) is 9.11. The summed E-state index contributed by atoms with van der Waals surface area (Å²) in [5.74, 6) is 1.21. The Bertz CT molecular complexity index is 864. The Morgan fingerprint density at radius 3 is 2.70 bits per heavy atom. The molecule has 1 amide bonds. The van der Waals surface area contributed by atoms with Gasteiger partial charge in [0.2, 0.25) is 11.7 Å². The Balaban J connectivity index is 1.48. The molecular formula is C20H23N5O2. The minimum atomic E-state index is -0.0639. The van der Waals surface area contributed by atoms with Gasteiger partial charge in [0.1, 0.15) is 5.75 Å². The van der Waals surface area contributed by atoms with E-state index in [0.29, 0.717) is 43.3 Å². The molecule has 0 aliphatic heterocycles. The van der Waals surface area contributed by atoms with Crippen molar-refractivity contribution in [3.05, 3.63) is 54.6 Å². The second-order valence-corrected chi connectivity index (χ2v) is 6.07. The van der Waals surface area contributed by atoms with E-state index >= 15 is 0 Å². The number of amides is 1. The summed E-state index contributed by atoms with van der Waals surface area (Å²) < 4.78 is 5.66. The van der Waals surface area contributed by atoms with Gasteiger partial charge in [0, 0.05) is 12.0 Å². The molecule has 1 N–H and O–H groups in total. The predicted octanol–water partition coefficient (Wildman–Crippen LogP) is 3.55. The molecule has 0 fully saturated rings. The van der Waals surface area contributed by atoms with Crippen LogP contribution in [0.4, 0.5) is 5.69 Å². The molecule has 0 atom stereocenters. The molecule has 0 aliphatic carbocycles. The summed E-state index contributed by atoms with van der Waals surface area (Å²) in [5, 5.41) is 15.4. The maximum Gasteiger partial charge on any atom is 0.224 e. The number of carbonyl (C=O) groups is 1. The van der Waals surface area contributed by atoms with Crippen LogP contribution in [0, 0.1) is 0 Å². The monoisotopic (exact) mass is 365 g/mol. The molecule has 3 rings (SSSR count). The van der Waals surface area contributed by atoms with Gasteiger partial charge in [-0.1, -0.05) is 49.4 Å². The number of nitrogens with zero attached hydrogens (tertiary/aromatic N) is 4. The van der Waals surface area contributed by atoms with E-state index in [1.54, 1.807) is 0 Å². The Labute approximate surface area is 158 Å². The zero-order chi connectivity index (χ0) is 18.9. The summed E-state index contributed by atoms with van der Waals surface area (Å²) in [6.07, 6.45) is 1.90. The molecule has 1 heterocycles. The van der Waals surface area contributed by atoms with Crippen molar-refractivity contribution in [1.82, 2.24) is 20.2 Å². The van der Waals surface area contributed by atoms with Crippen molar-refractivity contribution < 1.29 is 9.53 Å². The van der Waals surface area contributed by atoms with E-state index in [9.17, 15) is 4.79 Å². The van der Waals surface area contributed by atoms with Gasteiger partial charge in [0.05, 0.1) is 18.8 Å². The summed E-state index contributed by atoms with van der Waals surface area (Å²) in [7, 11) is 0. The van der Waals surface area contributed by atoms with Crippen molar-refractivity contribution >= 4 is 11.6 Å². The highest BCUT2D eigenvalue weighted by molar-refractivity contribution is 5.92. The van der Waals surface area contributed by atoms with Gasteiger partial charge in [-0.25, -0.2) is 0 Å². The van der Waals surface area contributed by atoms with Crippen molar-refractivity contribution in [3.63, 3.8) is 0 Å². The molecule has 7 heteroatoms. The molecule has 1 aromatic heterocycles. The first-order valence-electron chi connectivity index (χ1n) is 9.11. The normalized spacial score (nSPS) is 10.6. The molecule has 140 valence electrons. The number of aromatic nitrogens is 4. The van der Waals surface area contributed by atoms with Crippen LogP contribution in [0.3, 0.4) is 0 Å². The van der Waals surface area contributed by atoms with Gasteiger partial charge in [-0.2, -0.15) is 4.80 Å². The van der Waals surface area contributed by atoms with Gasteiger partial charge in [0.25, 0.3) is 0 Å². The quantitative estimate of drug-likeness (QED) is 0.627. The Morgan fingerprint density at radius 2 is 1.89 bits per heavy atom. The van der Waals surface area contributed by atoms with Crippen molar-refractivity contribution in [3.8, 4) is 17.1 Å². The number of para-hydroxylation sites is 2. The average Bonchev–Trinajstić information content (AvgIpc) is 3.17. The Hall–Kier alpha value is -3.22. The third-order valence-corrected chi connectivity index (χ3v) is 3.87. The summed E-state index contributed by atoms with van der Waals surface area (Å²) >= 11 is 0. The van der Waals surface area contributed by atoms with Gasteiger partial charge in [0.15, 0.2) is 0 Å². The molecule has 7 nitrogen and oxygen atoms in total. The number of anilines is 1. The largest absolute Gasteiger partial charge is 0.491 e. The number of benzene rings is 2. The number of hydrogen-bond donors (Lipinski definition) is 1. The lowest BCUT2D eigenvalue weighted by Crippen LogP contribution is -2.14. The second kappa shape index (κ2) is 9.47. The maximum atomic E-state index is 12.2. The number of tetrazole rings is 1. The Kier molecular flexibility index (Phi) is 6.51. The van der Waals surface area contributed by atoms with Crippen molar-refractivity contribution in [1.29, 1.82) is 0 Å². The molecule has 2 aromatic carbocycles. The smallest absolute Gasteiger partial charge is 0.224 e. The van der Waals surface area contributed by atoms with Gasteiger partial charge in [-0.3, -0.25) is 4.79 Å². The fraction of sp³-hybridized carbons (Fsp3) is 0.300. The standard InChI is InChI=1S/C20H23N5O2/c1-2-15-27-18-12-7-6-11-17(18)21-19(26)13-8-14-25-23-20(22-24-25)16-9-4-3-5-10-16/h3-7,9-12H,2,8,13-15H2,1H3,(H,21,26). The first-order chi connectivity index (χ1) is 13.3. The van der Waals surface area contributed by atoms with Crippen LogP contribution in [0.1, 0.15) is 26.2 Å². The summed E-state index contributed by atoms with van der Waals surface area (Å²) in [5.41, 5.74) is 1.62. The highest BCUT2D eigenvalue weighted by atomic mass is 16.5. The van der Waals surface area contributed by atoms with Crippen molar-refractivity contribution in [2.24, 2.45) is 0 Å². The average molecular weight is 365 g/mol. The highest BCUT2D eigenvalue weighted by Crippen LogP contribution is 2.24. The van der Waals surface area contributed by atoms with E-state index in [2.05, 4.69) is 20.7 Å². The molecular weight excluding hydrogens is 342 g/mol. The summed E-state index contributed by atoms with van der Waals surface area (Å²) in [6, 6.07) is 17.1. The topological polar surface area (TPSA) is 81.9 Å². The molecule has 0 saturated carbocycles. The first kappa shape index (κ1) is 18.6. The molecule has 0 spiro atoms. The minimum Gasteiger partial charge on any atom is -0.491 e. The molecule has 0 aliphatic rings. The lowest BCUT2D eigenvalue weighted by molar-refractivity contribution is -0.116. The molecule has 0 bridgehead atoms. The van der Waals surface area contributed by atoms with Gasteiger partial charge >= 0.3 is 0 Å². The third kappa shape index (κ3) is 5.37. The van der Waals surface area contributed by atoms with Gasteiger partial charge < -0.3 is 10.1 Å². The van der Waals surface area contributed by atoms with E-state index in [-0.39, 0.29) is 5.91 Å². The minimum absolute atomic E-state index is 0.0639. The summed E-state index contributed by atoms with van der Waals surface area (Å²) in [6.45, 7) is 3.19. The zero-order valence-corrected chi connectivity index (χ0v) is 15.3. The molecule has 0 unspecified atom stereocenters.